The van der Waals surface area contributed by atoms with E-state index in [0.717, 1.165) is 49.4 Å². The molecule has 0 aromatic heterocycles. The second kappa shape index (κ2) is 10.2. The van der Waals surface area contributed by atoms with Gasteiger partial charge in [-0.25, -0.2) is 8.78 Å². The van der Waals surface area contributed by atoms with Crippen LogP contribution in [0.4, 0.5) is 17.6 Å². The molecule has 6 nitrogen and oxygen atoms in total. The number of nitrogens with one attached hydrogen (secondary N) is 1. The maximum absolute atomic E-state index is 15.8. The van der Waals surface area contributed by atoms with Crippen molar-refractivity contribution < 1.29 is 36.9 Å². The van der Waals surface area contributed by atoms with Crippen molar-refractivity contribution in [1.82, 2.24) is 5.32 Å². The van der Waals surface area contributed by atoms with Crippen LogP contribution in [0.5, 0.6) is 11.5 Å². The molecular weight excluding hydrogens is 564 g/mol. The highest BCUT2D eigenvalue weighted by Crippen LogP contribution is 2.56. The van der Waals surface area contributed by atoms with Gasteiger partial charge in [0.05, 0.1) is 16.7 Å². The molecule has 6 rings (SSSR count). The molecule has 41 heavy (non-hydrogen) atoms. The molecule has 4 N–H and O–H groups in total. The van der Waals surface area contributed by atoms with E-state index in [-0.39, 0.29) is 40.9 Å². The first kappa shape index (κ1) is 27.8. The zero-order chi connectivity index (χ0) is 29.1. The van der Waals surface area contributed by atoms with Gasteiger partial charge in [-0.2, -0.15) is 8.78 Å². The third-order valence-electron chi connectivity index (χ3n) is 8.56. The van der Waals surface area contributed by atoms with Crippen molar-refractivity contribution in [1.29, 1.82) is 0 Å². The molecule has 1 amide bonds. The van der Waals surface area contributed by atoms with E-state index in [1.807, 2.05) is 30.3 Å². The molecule has 1 aliphatic heterocycles. The number of amides is 1. The summed E-state index contributed by atoms with van der Waals surface area (Å²) >= 11 is 6.41. The fourth-order valence-corrected chi connectivity index (χ4v) is 6.97. The topological polar surface area (TPSA) is 93.8 Å². The van der Waals surface area contributed by atoms with Crippen molar-refractivity contribution in [2.24, 2.45) is 11.1 Å². The summed E-state index contributed by atoms with van der Waals surface area (Å²) in [4.78, 5) is 12.3. The number of hydrogen-bond acceptors (Lipinski definition) is 5. The van der Waals surface area contributed by atoms with E-state index in [0.29, 0.717) is 12.1 Å². The number of halogens is 5. The number of hydrogen-bond donors (Lipinski definition) is 3. The maximum Gasteiger partial charge on any atom is 0.387 e. The Morgan fingerprint density at radius 2 is 1.83 bits per heavy atom. The van der Waals surface area contributed by atoms with E-state index in [2.05, 4.69) is 10.1 Å². The lowest BCUT2D eigenvalue weighted by atomic mass is 9.53. The van der Waals surface area contributed by atoms with Crippen LogP contribution < -0.4 is 20.5 Å². The molecule has 1 spiro atoms. The SMILES string of the molecule is NC(=O)c1ccc(OC(F)F)c(F)c1-c1c(Cl)c(F)cc2c1CC(CNC1CC3(CC(O)C3)C1)(c1ccccc1)O2. The number of benzene rings is 3. The number of nitrogens with two attached hydrogens (primary N) is 1. The smallest absolute Gasteiger partial charge is 0.387 e. The molecule has 2 aliphatic carbocycles. The summed E-state index contributed by atoms with van der Waals surface area (Å²) in [5, 5.41) is 12.8. The van der Waals surface area contributed by atoms with Crippen molar-refractivity contribution >= 4 is 17.5 Å². The number of primary amides is 1. The lowest BCUT2D eigenvalue weighted by Gasteiger charge is -2.56. The van der Waals surface area contributed by atoms with Gasteiger partial charge in [0.1, 0.15) is 11.6 Å². The Labute approximate surface area is 238 Å². The van der Waals surface area contributed by atoms with E-state index >= 15 is 8.78 Å². The van der Waals surface area contributed by atoms with E-state index in [1.54, 1.807) is 0 Å². The first-order valence-corrected chi connectivity index (χ1v) is 13.6. The van der Waals surface area contributed by atoms with Crippen LogP contribution in [0.3, 0.4) is 0 Å². The van der Waals surface area contributed by atoms with E-state index in [9.17, 15) is 18.7 Å². The molecule has 216 valence electrons. The minimum Gasteiger partial charge on any atom is -0.480 e. The van der Waals surface area contributed by atoms with Gasteiger partial charge in [-0.15, -0.1) is 0 Å². The van der Waals surface area contributed by atoms with Crippen LogP contribution in [0.2, 0.25) is 5.02 Å². The zero-order valence-corrected chi connectivity index (χ0v) is 22.5. The van der Waals surface area contributed by atoms with Crippen LogP contribution in [0.15, 0.2) is 48.5 Å². The van der Waals surface area contributed by atoms with Crippen molar-refractivity contribution in [3.8, 4) is 22.6 Å². The quantitative estimate of drug-likeness (QED) is 0.292. The summed E-state index contributed by atoms with van der Waals surface area (Å²) in [5.74, 6) is -4.10. The first-order chi connectivity index (χ1) is 19.5. The van der Waals surface area contributed by atoms with E-state index in [4.69, 9.17) is 22.1 Å². The van der Waals surface area contributed by atoms with Crippen molar-refractivity contribution in [3.63, 3.8) is 0 Å². The van der Waals surface area contributed by atoms with Gasteiger partial charge in [0.15, 0.2) is 17.2 Å². The minimum absolute atomic E-state index is 0.0785. The number of fused-ring (bicyclic) bond motifs is 1. The van der Waals surface area contributed by atoms with E-state index < -0.39 is 46.1 Å². The standard InChI is InChI=1S/C30H27ClF4N2O4/c31-25-20(32)8-22-19(23(25)24-18(27(36)39)6-7-21(26(24)33)40-28(34)35)13-30(41-22,15-4-2-1-3-5-15)14-37-16-9-29(10-16)11-17(38)12-29/h1-8,16-17,28,37-38H,9-14H2,(H2,36,39). The lowest BCUT2D eigenvalue weighted by Crippen LogP contribution is -2.58. The molecule has 3 aliphatic rings. The summed E-state index contributed by atoms with van der Waals surface area (Å²) in [6, 6.07) is 12.4. The highest BCUT2D eigenvalue weighted by Gasteiger charge is 2.53. The number of ether oxygens (including phenoxy) is 2. The van der Waals surface area contributed by atoms with Gasteiger partial charge in [0.2, 0.25) is 5.91 Å². The van der Waals surface area contributed by atoms with Crippen LogP contribution in [0.1, 0.15) is 47.2 Å². The number of carbonyl (C=O) groups excluding carboxylic acids is 1. The molecule has 3 aromatic carbocycles. The molecule has 1 unspecified atom stereocenters. The zero-order valence-electron chi connectivity index (χ0n) is 21.7. The molecule has 1 atom stereocenters. The number of alkyl halides is 2. The fraction of sp³-hybridized carbons (Fsp3) is 0.367. The van der Waals surface area contributed by atoms with Crippen LogP contribution in [0, 0.1) is 17.0 Å². The number of rotatable bonds is 8. The highest BCUT2D eigenvalue weighted by atomic mass is 35.5. The Balaban J connectivity index is 1.42. The number of aliphatic hydroxyl groups is 1. The maximum atomic E-state index is 15.8. The Morgan fingerprint density at radius 1 is 1.12 bits per heavy atom. The third kappa shape index (κ3) is 4.81. The van der Waals surface area contributed by atoms with Gasteiger partial charge >= 0.3 is 6.61 Å². The minimum atomic E-state index is -3.35. The molecule has 2 saturated carbocycles. The first-order valence-electron chi connectivity index (χ1n) is 13.3. The molecular formula is C30H27ClF4N2O4. The molecule has 2 fully saturated rings. The van der Waals surface area contributed by atoms with Gasteiger partial charge in [0.25, 0.3) is 0 Å². The molecule has 3 aromatic rings. The average Bonchev–Trinajstić information content (AvgIpc) is 3.26. The Morgan fingerprint density at radius 3 is 2.46 bits per heavy atom. The van der Waals surface area contributed by atoms with Crippen LogP contribution in [-0.4, -0.2) is 36.3 Å². The average molecular weight is 591 g/mol. The predicted octanol–water partition coefficient (Wildman–Crippen LogP) is 5.71. The number of carbonyl (C=O) groups is 1. The summed E-state index contributed by atoms with van der Waals surface area (Å²) < 4.78 is 67.8. The van der Waals surface area contributed by atoms with Crippen LogP contribution in [0.25, 0.3) is 11.1 Å². The van der Waals surface area contributed by atoms with Gasteiger partial charge in [-0.05, 0) is 48.8 Å². The Hall–Kier alpha value is -3.34. The largest absolute Gasteiger partial charge is 0.480 e. The second-order valence-electron chi connectivity index (χ2n) is 11.3. The molecule has 11 heteroatoms. The third-order valence-corrected chi connectivity index (χ3v) is 8.93. The lowest BCUT2D eigenvalue weighted by molar-refractivity contribution is -0.0992. The molecule has 0 radical (unpaired) electrons. The van der Waals surface area contributed by atoms with Crippen LogP contribution in [-0.2, 0) is 12.0 Å². The van der Waals surface area contributed by atoms with Crippen molar-refractivity contribution in [2.75, 3.05) is 6.54 Å². The number of aliphatic hydroxyl groups excluding tert-OH is 1. The normalized spacial score (nSPS) is 26.3. The van der Waals surface area contributed by atoms with Gasteiger partial charge in [-0.1, -0.05) is 41.9 Å². The van der Waals surface area contributed by atoms with Crippen molar-refractivity contribution in [3.05, 3.63) is 81.9 Å². The van der Waals surface area contributed by atoms with Crippen molar-refractivity contribution in [2.45, 2.75) is 56.5 Å². The van der Waals surface area contributed by atoms with E-state index in [1.165, 1.54) is 0 Å². The molecule has 0 saturated heterocycles. The van der Waals surface area contributed by atoms with Gasteiger partial charge in [0, 0.05) is 41.8 Å². The highest BCUT2D eigenvalue weighted by molar-refractivity contribution is 6.34. The fourth-order valence-electron chi connectivity index (χ4n) is 6.71. The van der Waals surface area contributed by atoms with Gasteiger partial charge in [-0.3, -0.25) is 4.79 Å². The molecule has 0 bridgehead atoms. The summed E-state index contributed by atoms with van der Waals surface area (Å²) in [6.07, 6.45) is 3.27. The summed E-state index contributed by atoms with van der Waals surface area (Å²) in [5.41, 5.74) is 4.56. The van der Waals surface area contributed by atoms with Crippen LogP contribution >= 0.6 is 11.6 Å². The summed E-state index contributed by atoms with van der Waals surface area (Å²) in [6.45, 7) is -3.03. The Kier molecular flexibility index (Phi) is 6.91. The second-order valence-corrected chi connectivity index (χ2v) is 11.6. The van der Waals surface area contributed by atoms with Gasteiger partial charge < -0.3 is 25.6 Å². The summed E-state index contributed by atoms with van der Waals surface area (Å²) in [7, 11) is 0. The molecule has 1 heterocycles. The monoisotopic (exact) mass is 590 g/mol. The Bertz CT molecular complexity index is 1510. The predicted molar refractivity (Wildman–Crippen MR) is 143 cm³/mol.